The van der Waals surface area contributed by atoms with Crippen molar-refractivity contribution in [1.29, 1.82) is 0 Å². The first-order chi connectivity index (χ1) is 6.50. The van der Waals surface area contributed by atoms with Crippen LogP contribution in [-0.4, -0.2) is 21.8 Å². The van der Waals surface area contributed by atoms with Gasteiger partial charge in [-0.3, -0.25) is 0 Å². The summed E-state index contributed by atoms with van der Waals surface area (Å²) in [6, 6.07) is 5.09. The second-order valence-corrected chi connectivity index (χ2v) is 5.44. The van der Waals surface area contributed by atoms with Gasteiger partial charge in [0.1, 0.15) is 11.2 Å². The lowest BCUT2D eigenvalue weighted by Gasteiger charge is -2.20. The quantitative estimate of drug-likeness (QED) is 0.722. The third kappa shape index (κ3) is 1.44. The van der Waals surface area contributed by atoms with Gasteiger partial charge in [-0.1, -0.05) is 15.9 Å². The van der Waals surface area contributed by atoms with Crippen molar-refractivity contribution in [3.63, 3.8) is 0 Å². The van der Waals surface area contributed by atoms with E-state index < -0.39 is 10.0 Å². The molecule has 1 aromatic carbocycles. The predicted molar refractivity (Wildman–Crippen MR) is 58.2 cm³/mol. The third-order valence-corrected chi connectivity index (χ3v) is 3.69. The van der Waals surface area contributed by atoms with Crippen LogP contribution in [0, 0.1) is 0 Å². The molecule has 0 atom stereocenters. The van der Waals surface area contributed by atoms with Crippen LogP contribution in [0.1, 0.15) is 0 Å². The summed E-state index contributed by atoms with van der Waals surface area (Å²) in [5, 5.41) is 0. The van der Waals surface area contributed by atoms with E-state index in [-0.39, 0.29) is 4.90 Å². The van der Waals surface area contributed by atoms with Gasteiger partial charge in [0.2, 0.25) is 0 Å². The number of rotatable bonds is 0. The summed E-state index contributed by atoms with van der Waals surface area (Å²) in [6.07, 6.45) is 1.30. The first kappa shape index (κ1) is 9.67. The van der Waals surface area contributed by atoms with E-state index >= 15 is 0 Å². The highest BCUT2D eigenvalue weighted by Crippen LogP contribution is 2.30. The molecule has 0 N–H and O–H groups in total. The Hall–Kier alpha value is -0.880. The van der Waals surface area contributed by atoms with Gasteiger partial charge in [0.05, 0.1) is 5.69 Å². The van der Waals surface area contributed by atoms with E-state index in [0.29, 0.717) is 5.69 Å². The van der Waals surface area contributed by atoms with Gasteiger partial charge in [0.25, 0.3) is 10.0 Å². The number of nitrogens with zero attached hydrogens (tertiary/aromatic N) is 2. The van der Waals surface area contributed by atoms with Crippen LogP contribution in [0.25, 0.3) is 0 Å². The van der Waals surface area contributed by atoms with Gasteiger partial charge in [-0.2, -0.15) is 8.42 Å². The molecule has 0 radical (unpaired) electrons. The molecule has 4 nitrogen and oxygen atoms in total. The van der Waals surface area contributed by atoms with E-state index in [2.05, 4.69) is 20.3 Å². The maximum atomic E-state index is 11.5. The van der Waals surface area contributed by atoms with Gasteiger partial charge in [0, 0.05) is 11.5 Å². The number of hydrogen-bond donors (Lipinski definition) is 0. The Bertz CT molecular complexity index is 510. The van der Waals surface area contributed by atoms with E-state index in [0.717, 1.165) is 4.47 Å². The molecule has 74 valence electrons. The highest BCUT2D eigenvalue weighted by molar-refractivity contribution is 9.10. The van der Waals surface area contributed by atoms with E-state index in [1.165, 1.54) is 6.34 Å². The molecule has 1 heterocycles. The number of benzene rings is 1. The standard InChI is InChI=1S/C8H7BrN2O2S/c1-11-5-10-14(12,13)8-4-6(9)2-3-7(8)11/h2-5H,1H3. The Kier molecular flexibility index (Phi) is 2.11. The van der Waals surface area contributed by atoms with Gasteiger partial charge >= 0.3 is 0 Å². The summed E-state index contributed by atoms with van der Waals surface area (Å²) >= 11 is 3.23. The van der Waals surface area contributed by atoms with Gasteiger partial charge in [0.15, 0.2) is 0 Å². The van der Waals surface area contributed by atoms with Gasteiger partial charge < -0.3 is 4.90 Å². The average molecular weight is 275 g/mol. The van der Waals surface area contributed by atoms with Crippen LogP contribution < -0.4 is 4.90 Å². The second kappa shape index (κ2) is 3.06. The summed E-state index contributed by atoms with van der Waals surface area (Å²) in [5.74, 6) is 0. The van der Waals surface area contributed by atoms with Crippen LogP contribution in [0.3, 0.4) is 0 Å². The van der Waals surface area contributed by atoms with Crippen molar-refractivity contribution >= 4 is 38.0 Å². The zero-order valence-corrected chi connectivity index (χ0v) is 9.71. The largest absolute Gasteiger partial charge is 0.334 e. The molecule has 0 spiro atoms. The summed E-state index contributed by atoms with van der Waals surface area (Å²) in [5.41, 5.74) is 0.642. The van der Waals surface area contributed by atoms with Crippen molar-refractivity contribution in [2.45, 2.75) is 4.90 Å². The summed E-state index contributed by atoms with van der Waals surface area (Å²) in [4.78, 5) is 1.90. The number of fused-ring (bicyclic) bond motifs is 1. The minimum atomic E-state index is -3.50. The molecule has 1 aromatic rings. The molecule has 0 saturated heterocycles. The third-order valence-electron chi connectivity index (χ3n) is 1.94. The van der Waals surface area contributed by atoms with Crippen molar-refractivity contribution < 1.29 is 8.42 Å². The molecule has 1 aliphatic rings. The van der Waals surface area contributed by atoms with Crippen molar-refractivity contribution in [2.75, 3.05) is 11.9 Å². The maximum Gasteiger partial charge on any atom is 0.285 e. The summed E-state index contributed by atoms with van der Waals surface area (Å²) in [7, 11) is -1.74. The highest BCUT2D eigenvalue weighted by Gasteiger charge is 2.23. The lowest BCUT2D eigenvalue weighted by molar-refractivity contribution is 0.597. The van der Waals surface area contributed by atoms with Crippen LogP contribution >= 0.6 is 15.9 Å². The maximum absolute atomic E-state index is 11.5. The van der Waals surface area contributed by atoms with Crippen molar-refractivity contribution in [3.8, 4) is 0 Å². The fraction of sp³-hybridized carbons (Fsp3) is 0.125. The molecular weight excluding hydrogens is 268 g/mol. The predicted octanol–water partition coefficient (Wildman–Crippen LogP) is 1.62. The van der Waals surface area contributed by atoms with E-state index in [9.17, 15) is 8.42 Å². The molecule has 0 unspecified atom stereocenters. The van der Waals surface area contributed by atoms with Crippen LogP contribution in [0.2, 0.25) is 0 Å². The molecule has 0 amide bonds. The van der Waals surface area contributed by atoms with Crippen LogP contribution in [0.4, 0.5) is 5.69 Å². The molecule has 0 fully saturated rings. The highest BCUT2D eigenvalue weighted by atomic mass is 79.9. The van der Waals surface area contributed by atoms with Crippen LogP contribution in [-0.2, 0) is 10.0 Å². The molecule has 2 rings (SSSR count). The fourth-order valence-electron chi connectivity index (χ4n) is 1.24. The second-order valence-electron chi connectivity index (χ2n) is 2.92. The van der Waals surface area contributed by atoms with Gasteiger partial charge in [-0.25, -0.2) is 0 Å². The number of sulfonamides is 1. The van der Waals surface area contributed by atoms with E-state index in [4.69, 9.17) is 0 Å². The van der Waals surface area contributed by atoms with E-state index in [1.54, 1.807) is 30.1 Å². The minimum absolute atomic E-state index is 0.233. The molecule has 14 heavy (non-hydrogen) atoms. The Morgan fingerprint density at radius 1 is 1.43 bits per heavy atom. The lowest BCUT2D eigenvalue weighted by Crippen LogP contribution is -2.22. The molecule has 0 saturated carbocycles. The fourth-order valence-corrected chi connectivity index (χ4v) is 2.88. The Labute approximate surface area is 90.4 Å². The molecule has 0 aliphatic carbocycles. The first-order valence-corrected chi connectivity index (χ1v) is 6.07. The van der Waals surface area contributed by atoms with Crippen molar-refractivity contribution in [1.82, 2.24) is 0 Å². The van der Waals surface area contributed by atoms with Gasteiger partial charge in [-0.05, 0) is 18.2 Å². The number of hydrogen-bond acceptors (Lipinski definition) is 3. The zero-order valence-electron chi connectivity index (χ0n) is 7.31. The normalized spacial score (nSPS) is 18.0. The lowest BCUT2D eigenvalue weighted by atomic mass is 10.3. The molecule has 0 aromatic heterocycles. The topological polar surface area (TPSA) is 49.7 Å². The van der Waals surface area contributed by atoms with Crippen molar-refractivity contribution in [3.05, 3.63) is 22.7 Å². The first-order valence-electron chi connectivity index (χ1n) is 3.83. The zero-order chi connectivity index (χ0) is 10.3. The molecule has 1 aliphatic heterocycles. The molecular formula is C8H7BrN2O2S. The summed E-state index contributed by atoms with van der Waals surface area (Å²) in [6.45, 7) is 0. The molecule has 6 heteroatoms. The van der Waals surface area contributed by atoms with Crippen molar-refractivity contribution in [2.24, 2.45) is 4.40 Å². The average Bonchev–Trinajstić information content (AvgIpc) is 2.12. The Morgan fingerprint density at radius 3 is 2.86 bits per heavy atom. The van der Waals surface area contributed by atoms with E-state index in [1.807, 2.05) is 0 Å². The monoisotopic (exact) mass is 274 g/mol. The number of halogens is 1. The Balaban J connectivity index is 2.76. The van der Waals surface area contributed by atoms with Gasteiger partial charge in [-0.15, -0.1) is 4.40 Å². The Morgan fingerprint density at radius 2 is 2.14 bits per heavy atom. The molecule has 0 bridgehead atoms. The van der Waals surface area contributed by atoms with Crippen LogP contribution in [0.15, 0.2) is 32.0 Å². The SMILES string of the molecule is CN1C=NS(=O)(=O)c2cc(Br)ccc21. The van der Waals surface area contributed by atoms with Crippen LogP contribution in [0.5, 0.6) is 0 Å². The summed E-state index contributed by atoms with van der Waals surface area (Å²) < 4.78 is 27.3. The minimum Gasteiger partial charge on any atom is -0.334 e. The number of anilines is 1. The smallest absolute Gasteiger partial charge is 0.285 e.